The molecule has 2 bridgehead atoms. The Hall–Kier alpha value is -1.83. The van der Waals surface area contributed by atoms with E-state index in [2.05, 4.69) is 4.98 Å². The number of rotatable bonds is 1. The summed E-state index contributed by atoms with van der Waals surface area (Å²) in [7, 11) is 0. The van der Waals surface area contributed by atoms with E-state index in [4.69, 9.17) is 4.74 Å². The zero-order valence-electron chi connectivity index (χ0n) is 15.7. The van der Waals surface area contributed by atoms with Crippen LogP contribution in [0.1, 0.15) is 64.0 Å². The maximum atomic E-state index is 13.4. The second-order valence-electron chi connectivity index (χ2n) is 8.49. The van der Waals surface area contributed by atoms with Crippen molar-refractivity contribution < 1.29 is 27.8 Å². The van der Waals surface area contributed by atoms with Crippen molar-refractivity contribution in [2.45, 2.75) is 82.3 Å². The van der Waals surface area contributed by atoms with Gasteiger partial charge in [-0.25, -0.2) is 4.79 Å². The van der Waals surface area contributed by atoms with E-state index in [0.717, 1.165) is 24.9 Å². The molecule has 8 heteroatoms. The monoisotopic (exact) mass is 386 g/mol. The Labute approximate surface area is 156 Å². The molecule has 2 fully saturated rings. The van der Waals surface area contributed by atoms with Crippen molar-refractivity contribution in [3.8, 4) is 0 Å². The highest BCUT2D eigenvalue weighted by atomic mass is 19.4. The first-order valence-corrected chi connectivity index (χ1v) is 9.16. The van der Waals surface area contributed by atoms with Crippen LogP contribution in [0.15, 0.2) is 18.5 Å². The third-order valence-electron chi connectivity index (χ3n) is 5.24. The van der Waals surface area contributed by atoms with Gasteiger partial charge in [-0.2, -0.15) is 13.2 Å². The molecule has 0 spiro atoms. The van der Waals surface area contributed by atoms with Crippen molar-refractivity contribution >= 4 is 6.09 Å². The average Bonchev–Trinajstić information content (AvgIpc) is 2.51. The summed E-state index contributed by atoms with van der Waals surface area (Å²) in [4.78, 5) is 18.1. The Kier molecular flexibility index (Phi) is 4.91. The van der Waals surface area contributed by atoms with Gasteiger partial charge in [0.25, 0.3) is 0 Å². The van der Waals surface area contributed by atoms with E-state index >= 15 is 0 Å². The van der Waals surface area contributed by atoms with Gasteiger partial charge in [-0.15, -0.1) is 0 Å². The first-order chi connectivity index (χ1) is 12.4. The molecule has 2 saturated heterocycles. The Balaban J connectivity index is 1.92. The lowest BCUT2D eigenvalue weighted by Gasteiger charge is -2.52. The van der Waals surface area contributed by atoms with Gasteiger partial charge in [0.15, 0.2) is 0 Å². The van der Waals surface area contributed by atoms with E-state index in [0.29, 0.717) is 12.8 Å². The summed E-state index contributed by atoms with van der Waals surface area (Å²) in [5.41, 5.74) is -3.42. The number of piperidine rings is 2. The molecule has 0 aliphatic carbocycles. The van der Waals surface area contributed by atoms with Gasteiger partial charge >= 0.3 is 12.3 Å². The molecule has 1 aromatic rings. The summed E-state index contributed by atoms with van der Waals surface area (Å²) in [6.07, 6.45) is -0.681. The maximum absolute atomic E-state index is 13.4. The first kappa shape index (κ1) is 19.9. The summed E-state index contributed by atoms with van der Waals surface area (Å²) in [5.74, 6) is 0. The summed E-state index contributed by atoms with van der Waals surface area (Å²) in [5, 5.41) is 11.2. The lowest BCUT2D eigenvalue weighted by molar-refractivity contribution is -0.145. The van der Waals surface area contributed by atoms with Gasteiger partial charge in [0.05, 0.1) is 11.2 Å². The molecule has 0 aromatic carbocycles. The fourth-order valence-electron chi connectivity index (χ4n) is 4.27. The average molecular weight is 386 g/mol. The number of ether oxygens (including phenoxy) is 1. The van der Waals surface area contributed by atoms with E-state index in [9.17, 15) is 23.1 Å². The number of nitrogens with zero attached hydrogens (tertiary/aromatic N) is 2. The van der Waals surface area contributed by atoms with Crippen LogP contribution < -0.4 is 0 Å². The molecular formula is C19H25F3N2O3. The molecule has 2 aliphatic rings. The van der Waals surface area contributed by atoms with Crippen molar-refractivity contribution in [3.05, 3.63) is 29.6 Å². The summed E-state index contributed by atoms with van der Waals surface area (Å²) in [6, 6.07) is 0.167. The molecule has 0 saturated carbocycles. The standard InChI is InChI=1S/C19H25F3N2O3/c1-17(2,3)27-16(25)24-12-5-4-6-13(24)10-18(26,9-12)15-11-23-8-7-14(15)19(20,21)22/h7-8,11-13,26H,4-6,9-10H2,1-3H3. The van der Waals surface area contributed by atoms with Crippen LogP contribution in [0.3, 0.4) is 0 Å². The van der Waals surface area contributed by atoms with Crippen LogP contribution in [0.5, 0.6) is 0 Å². The third-order valence-corrected chi connectivity index (χ3v) is 5.24. The van der Waals surface area contributed by atoms with Crippen LogP contribution in [0.2, 0.25) is 0 Å². The number of amides is 1. The zero-order valence-corrected chi connectivity index (χ0v) is 15.7. The predicted molar refractivity (Wildman–Crippen MR) is 91.9 cm³/mol. The van der Waals surface area contributed by atoms with Gasteiger partial charge in [0.1, 0.15) is 5.60 Å². The fourth-order valence-corrected chi connectivity index (χ4v) is 4.27. The Morgan fingerprint density at radius 2 is 1.85 bits per heavy atom. The van der Waals surface area contributed by atoms with Crippen LogP contribution in [-0.2, 0) is 16.5 Å². The molecule has 3 heterocycles. The Morgan fingerprint density at radius 1 is 1.26 bits per heavy atom. The number of aliphatic hydroxyl groups is 1. The quantitative estimate of drug-likeness (QED) is 0.784. The second-order valence-corrected chi connectivity index (χ2v) is 8.49. The van der Waals surface area contributed by atoms with Crippen molar-refractivity contribution in [1.29, 1.82) is 0 Å². The highest BCUT2D eigenvalue weighted by molar-refractivity contribution is 5.69. The molecule has 5 nitrogen and oxygen atoms in total. The predicted octanol–water partition coefficient (Wildman–Crippen LogP) is 4.24. The van der Waals surface area contributed by atoms with Crippen molar-refractivity contribution in [2.24, 2.45) is 0 Å². The van der Waals surface area contributed by atoms with Crippen LogP contribution in [0, 0.1) is 0 Å². The molecule has 2 unspecified atom stereocenters. The molecule has 150 valence electrons. The van der Waals surface area contributed by atoms with Crippen molar-refractivity contribution in [2.75, 3.05) is 0 Å². The van der Waals surface area contributed by atoms with Crippen LogP contribution in [-0.4, -0.2) is 38.8 Å². The van der Waals surface area contributed by atoms with Gasteiger partial charge in [-0.3, -0.25) is 4.98 Å². The van der Waals surface area contributed by atoms with Crippen LogP contribution >= 0.6 is 0 Å². The first-order valence-electron chi connectivity index (χ1n) is 9.16. The minimum absolute atomic E-state index is 0.0392. The Morgan fingerprint density at radius 3 is 2.37 bits per heavy atom. The van der Waals surface area contributed by atoms with Gasteiger partial charge in [-0.05, 0) is 46.1 Å². The highest BCUT2D eigenvalue weighted by Gasteiger charge is 2.51. The molecule has 3 rings (SSSR count). The number of carbonyl (C=O) groups excluding carboxylic acids is 1. The van der Waals surface area contributed by atoms with Crippen LogP contribution in [0.25, 0.3) is 0 Å². The number of fused-ring (bicyclic) bond motifs is 2. The number of hydrogen-bond donors (Lipinski definition) is 1. The van der Waals surface area contributed by atoms with E-state index < -0.39 is 29.0 Å². The number of aromatic nitrogens is 1. The Bertz CT molecular complexity index is 701. The highest BCUT2D eigenvalue weighted by Crippen LogP contribution is 2.47. The lowest BCUT2D eigenvalue weighted by Crippen LogP contribution is -2.59. The molecular weight excluding hydrogens is 361 g/mol. The SMILES string of the molecule is CC(C)(C)OC(=O)N1C2CCCC1CC(O)(c1cnccc1C(F)(F)F)C2. The molecule has 0 radical (unpaired) electrons. The fraction of sp³-hybridized carbons (Fsp3) is 0.684. The van der Waals surface area contributed by atoms with E-state index in [1.54, 1.807) is 25.7 Å². The van der Waals surface area contributed by atoms with E-state index in [-0.39, 0.29) is 30.5 Å². The number of halogens is 3. The van der Waals surface area contributed by atoms with Crippen molar-refractivity contribution in [3.63, 3.8) is 0 Å². The largest absolute Gasteiger partial charge is 0.444 e. The smallest absolute Gasteiger partial charge is 0.416 e. The maximum Gasteiger partial charge on any atom is 0.416 e. The van der Waals surface area contributed by atoms with Gasteiger partial charge in [-0.1, -0.05) is 0 Å². The summed E-state index contributed by atoms with van der Waals surface area (Å²) >= 11 is 0. The molecule has 1 N–H and O–H groups in total. The van der Waals surface area contributed by atoms with Gasteiger partial charge in [0.2, 0.25) is 0 Å². The number of hydrogen-bond acceptors (Lipinski definition) is 4. The third kappa shape index (κ3) is 4.05. The van der Waals surface area contributed by atoms with E-state index in [1.165, 1.54) is 0 Å². The zero-order chi connectivity index (χ0) is 20.0. The normalized spacial score (nSPS) is 28.8. The molecule has 2 atom stereocenters. The minimum Gasteiger partial charge on any atom is -0.444 e. The number of alkyl halides is 3. The molecule has 1 aromatic heterocycles. The molecule has 1 amide bonds. The second kappa shape index (κ2) is 6.65. The summed E-state index contributed by atoms with van der Waals surface area (Å²) < 4.78 is 45.8. The van der Waals surface area contributed by atoms with E-state index in [1.807, 2.05) is 0 Å². The van der Waals surface area contributed by atoms with Crippen LogP contribution in [0.4, 0.5) is 18.0 Å². The summed E-state index contributed by atoms with van der Waals surface area (Å²) in [6.45, 7) is 5.31. The van der Waals surface area contributed by atoms with Gasteiger partial charge in [0, 0.05) is 42.9 Å². The van der Waals surface area contributed by atoms with Gasteiger partial charge < -0.3 is 14.7 Å². The minimum atomic E-state index is -4.58. The molecule has 2 aliphatic heterocycles. The lowest BCUT2D eigenvalue weighted by atomic mass is 9.72. The molecule has 27 heavy (non-hydrogen) atoms. The number of pyridine rings is 1. The van der Waals surface area contributed by atoms with Crippen molar-refractivity contribution in [1.82, 2.24) is 9.88 Å². The number of carbonyl (C=O) groups is 1. The topological polar surface area (TPSA) is 62.7 Å².